The third kappa shape index (κ3) is 4.98. The number of piperidine rings is 1. The monoisotopic (exact) mass is 469 g/mol. The molecule has 2 atom stereocenters. The fraction of sp³-hybridized carbons (Fsp3) is 0.400. The molecule has 2 fully saturated rings. The fourth-order valence-corrected chi connectivity index (χ4v) is 5.04. The largest absolute Gasteiger partial charge is 0.465 e. The van der Waals surface area contributed by atoms with E-state index in [0.717, 1.165) is 24.1 Å². The number of carbonyl (C=O) groups is 3. The first-order chi connectivity index (χ1) is 15.8. The van der Waals surface area contributed by atoms with Gasteiger partial charge in [0.05, 0.1) is 0 Å². The van der Waals surface area contributed by atoms with Gasteiger partial charge < -0.3 is 20.2 Å². The highest BCUT2D eigenvalue weighted by Gasteiger charge is 2.45. The van der Waals surface area contributed by atoms with E-state index in [1.807, 2.05) is 43.3 Å². The van der Waals surface area contributed by atoms with Crippen LogP contribution in [0.5, 0.6) is 0 Å². The molecular weight excluding hydrogens is 442 g/mol. The van der Waals surface area contributed by atoms with E-state index in [2.05, 4.69) is 5.32 Å². The summed E-state index contributed by atoms with van der Waals surface area (Å²) in [6, 6.07) is 14.7. The number of hydrogen-bond donors (Lipinski definition) is 2. The van der Waals surface area contributed by atoms with Gasteiger partial charge in [0.2, 0.25) is 5.91 Å². The van der Waals surface area contributed by atoms with Crippen LogP contribution in [0.15, 0.2) is 48.5 Å². The molecule has 0 spiro atoms. The molecule has 2 aromatic carbocycles. The molecule has 3 amide bonds. The van der Waals surface area contributed by atoms with Gasteiger partial charge in [0.1, 0.15) is 0 Å². The second-order valence-corrected chi connectivity index (χ2v) is 9.59. The van der Waals surface area contributed by atoms with Gasteiger partial charge >= 0.3 is 6.09 Å². The third-order valence-corrected chi connectivity index (χ3v) is 7.00. The lowest BCUT2D eigenvalue weighted by Gasteiger charge is -2.30. The Labute approximate surface area is 198 Å². The molecule has 4 rings (SSSR count). The Morgan fingerprint density at radius 1 is 1.12 bits per heavy atom. The van der Waals surface area contributed by atoms with Gasteiger partial charge in [0.15, 0.2) is 0 Å². The number of halogens is 1. The number of amides is 3. The summed E-state index contributed by atoms with van der Waals surface area (Å²) in [4.78, 5) is 40.3. The van der Waals surface area contributed by atoms with E-state index < -0.39 is 11.5 Å². The zero-order valence-electron chi connectivity index (χ0n) is 18.6. The quantitative estimate of drug-likeness (QED) is 0.680. The Morgan fingerprint density at radius 3 is 2.45 bits per heavy atom. The van der Waals surface area contributed by atoms with Crippen LogP contribution < -0.4 is 10.2 Å². The summed E-state index contributed by atoms with van der Waals surface area (Å²) in [5.74, 6) is -0.0345. The molecule has 2 aliphatic rings. The van der Waals surface area contributed by atoms with Gasteiger partial charge in [-0.2, -0.15) is 0 Å². The topological polar surface area (TPSA) is 89.9 Å². The van der Waals surface area contributed by atoms with Crippen molar-refractivity contribution >= 4 is 35.2 Å². The van der Waals surface area contributed by atoms with Gasteiger partial charge in [-0.15, -0.1) is 0 Å². The number of carboxylic acid groups (broad SMARTS) is 1. The first-order valence-electron chi connectivity index (χ1n) is 11.2. The molecular formula is C25H28ClN3O4. The zero-order chi connectivity index (χ0) is 23.6. The van der Waals surface area contributed by atoms with E-state index in [9.17, 15) is 14.4 Å². The van der Waals surface area contributed by atoms with Gasteiger partial charge in [-0.3, -0.25) is 9.59 Å². The fourth-order valence-electron chi connectivity index (χ4n) is 4.91. The van der Waals surface area contributed by atoms with E-state index in [1.54, 1.807) is 21.9 Å². The number of carbonyl (C=O) groups excluding carboxylic acids is 2. The molecule has 2 saturated heterocycles. The molecule has 2 N–H and O–H groups in total. The van der Waals surface area contributed by atoms with Gasteiger partial charge in [-0.1, -0.05) is 30.7 Å². The number of likely N-dealkylation sites (tertiary alicyclic amines) is 1. The number of rotatable bonds is 5. The standard InChI is InChI=1S/C25H28ClN3O4/c1-25(15-27-24(32)33)16-28(14-21(25)17-5-9-19(26)10-6-17)23(31)18-7-11-20(12-8-18)29-13-3-2-4-22(29)30/h5-12,21,27H,2-4,13-16H2,1H3,(H,32,33)/t21-,25+/m0/s1. The molecule has 7 nitrogen and oxygen atoms in total. The van der Waals surface area contributed by atoms with Gasteiger partial charge in [-0.25, -0.2) is 4.79 Å². The van der Waals surface area contributed by atoms with Crippen molar-refractivity contribution in [3.05, 3.63) is 64.7 Å². The molecule has 0 aromatic heterocycles. The molecule has 0 radical (unpaired) electrons. The Hall–Kier alpha value is -3.06. The van der Waals surface area contributed by atoms with Crippen LogP contribution in [0.25, 0.3) is 0 Å². The Morgan fingerprint density at radius 2 is 1.82 bits per heavy atom. The van der Waals surface area contributed by atoms with Crippen molar-refractivity contribution in [2.45, 2.75) is 32.1 Å². The van der Waals surface area contributed by atoms with E-state index in [-0.39, 0.29) is 24.3 Å². The molecule has 0 saturated carbocycles. The average molecular weight is 470 g/mol. The van der Waals surface area contributed by atoms with Crippen LogP contribution in [-0.4, -0.2) is 54.1 Å². The van der Waals surface area contributed by atoms with Crippen LogP contribution in [0.1, 0.15) is 48.0 Å². The third-order valence-electron chi connectivity index (χ3n) is 6.75. The lowest BCUT2D eigenvalue weighted by molar-refractivity contribution is -0.119. The maximum atomic E-state index is 13.3. The predicted octanol–water partition coefficient (Wildman–Crippen LogP) is 4.37. The zero-order valence-corrected chi connectivity index (χ0v) is 19.3. The molecule has 0 aliphatic carbocycles. The van der Waals surface area contributed by atoms with Crippen LogP contribution in [0, 0.1) is 5.41 Å². The summed E-state index contributed by atoms with van der Waals surface area (Å²) in [7, 11) is 0. The van der Waals surface area contributed by atoms with E-state index in [1.165, 1.54) is 0 Å². The molecule has 0 unspecified atom stereocenters. The number of hydrogen-bond acceptors (Lipinski definition) is 3. The molecule has 2 aliphatic heterocycles. The maximum absolute atomic E-state index is 13.3. The minimum absolute atomic E-state index is 0.0455. The number of nitrogens with zero attached hydrogens (tertiary/aromatic N) is 2. The Balaban J connectivity index is 1.54. The summed E-state index contributed by atoms with van der Waals surface area (Å²) in [6.07, 6.45) is 1.38. The SMILES string of the molecule is C[C@@]1(CNC(=O)O)CN(C(=O)c2ccc(N3CCCCC3=O)cc2)C[C@H]1c1ccc(Cl)cc1. The van der Waals surface area contributed by atoms with E-state index in [4.69, 9.17) is 16.7 Å². The molecule has 8 heteroatoms. The van der Waals surface area contributed by atoms with Crippen molar-refractivity contribution in [2.24, 2.45) is 5.41 Å². The minimum Gasteiger partial charge on any atom is -0.465 e. The Kier molecular flexibility index (Phi) is 6.61. The maximum Gasteiger partial charge on any atom is 0.404 e. The summed E-state index contributed by atoms with van der Waals surface area (Å²) in [6.45, 7) is 3.84. The molecule has 33 heavy (non-hydrogen) atoms. The molecule has 2 heterocycles. The van der Waals surface area contributed by atoms with Crippen LogP contribution in [0.3, 0.4) is 0 Å². The van der Waals surface area contributed by atoms with Crippen LogP contribution >= 0.6 is 11.6 Å². The molecule has 2 aromatic rings. The number of nitrogens with one attached hydrogen (secondary N) is 1. The average Bonchev–Trinajstić information content (AvgIpc) is 3.16. The van der Waals surface area contributed by atoms with Crippen molar-refractivity contribution in [1.29, 1.82) is 0 Å². The van der Waals surface area contributed by atoms with Crippen molar-refractivity contribution in [2.75, 3.05) is 31.1 Å². The first-order valence-corrected chi connectivity index (χ1v) is 11.6. The smallest absolute Gasteiger partial charge is 0.404 e. The normalized spacial score (nSPS) is 23.0. The summed E-state index contributed by atoms with van der Waals surface area (Å²) >= 11 is 6.05. The highest BCUT2D eigenvalue weighted by molar-refractivity contribution is 6.30. The molecule has 174 valence electrons. The number of anilines is 1. The number of benzene rings is 2. The van der Waals surface area contributed by atoms with Crippen molar-refractivity contribution in [3.63, 3.8) is 0 Å². The predicted molar refractivity (Wildman–Crippen MR) is 127 cm³/mol. The summed E-state index contributed by atoms with van der Waals surface area (Å²) < 4.78 is 0. The van der Waals surface area contributed by atoms with Crippen molar-refractivity contribution in [1.82, 2.24) is 10.2 Å². The van der Waals surface area contributed by atoms with Gasteiger partial charge in [0, 0.05) is 60.2 Å². The lowest BCUT2D eigenvalue weighted by atomic mass is 9.76. The second kappa shape index (κ2) is 9.43. The van der Waals surface area contributed by atoms with Gasteiger partial charge in [-0.05, 0) is 54.8 Å². The van der Waals surface area contributed by atoms with E-state index >= 15 is 0 Å². The van der Waals surface area contributed by atoms with Gasteiger partial charge in [0.25, 0.3) is 5.91 Å². The van der Waals surface area contributed by atoms with Crippen molar-refractivity contribution in [3.8, 4) is 0 Å². The highest BCUT2D eigenvalue weighted by Crippen LogP contribution is 2.43. The van der Waals surface area contributed by atoms with Crippen molar-refractivity contribution < 1.29 is 19.5 Å². The minimum atomic E-state index is -1.08. The highest BCUT2D eigenvalue weighted by atomic mass is 35.5. The first kappa shape index (κ1) is 23.1. The summed E-state index contributed by atoms with van der Waals surface area (Å²) in [5, 5.41) is 12.3. The lowest BCUT2D eigenvalue weighted by Crippen LogP contribution is -2.40. The molecule has 0 bridgehead atoms. The van der Waals surface area contributed by atoms with Crippen LogP contribution in [-0.2, 0) is 4.79 Å². The second-order valence-electron chi connectivity index (χ2n) is 9.15. The van der Waals surface area contributed by atoms with Crippen LogP contribution in [0.2, 0.25) is 5.02 Å². The van der Waals surface area contributed by atoms with E-state index in [0.29, 0.717) is 36.6 Å². The summed E-state index contributed by atoms with van der Waals surface area (Å²) in [5.41, 5.74) is 1.91. The van der Waals surface area contributed by atoms with Crippen LogP contribution in [0.4, 0.5) is 10.5 Å². The Bertz CT molecular complexity index is 1040.